The van der Waals surface area contributed by atoms with Crippen LogP contribution >= 0.6 is 0 Å². The van der Waals surface area contributed by atoms with Crippen molar-refractivity contribution < 1.29 is 9.47 Å². The third-order valence-electron chi connectivity index (χ3n) is 2.37. The minimum absolute atomic E-state index is 0.557. The van der Waals surface area contributed by atoms with Crippen molar-refractivity contribution in [3.63, 3.8) is 0 Å². The lowest BCUT2D eigenvalue weighted by molar-refractivity contribution is -0.0431. The molecule has 0 aliphatic carbocycles. The van der Waals surface area contributed by atoms with E-state index in [-0.39, 0.29) is 0 Å². The maximum Gasteiger partial charge on any atom is 0.246 e. The number of hydrogen-bond acceptors (Lipinski definition) is 4. The summed E-state index contributed by atoms with van der Waals surface area (Å²) in [5.41, 5.74) is 6.47. The predicted molar refractivity (Wildman–Crippen MR) is 63.9 cm³/mol. The quantitative estimate of drug-likeness (QED) is 0.764. The lowest BCUT2D eigenvalue weighted by Crippen LogP contribution is -2.29. The van der Waals surface area contributed by atoms with Crippen molar-refractivity contribution in [1.82, 2.24) is 0 Å². The molecule has 1 aromatic rings. The first kappa shape index (κ1) is 11.1. The molecule has 0 fully saturated rings. The third-order valence-corrected chi connectivity index (χ3v) is 2.37. The van der Waals surface area contributed by atoms with E-state index in [0.29, 0.717) is 6.54 Å². The minimum Gasteiger partial charge on any atom is -0.449 e. The summed E-state index contributed by atoms with van der Waals surface area (Å²) in [6.45, 7) is 5.37. The Kier molecular flexibility index (Phi) is 2.92. The summed E-state index contributed by atoms with van der Waals surface area (Å²) in [7, 11) is 0. The molecular weight excluding hydrogens is 204 g/mol. The van der Waals surface area contributed by atoms with Gasteiger partial charge in [-0.25, -0.2) is 0 Å². The summed E-state index contributed by atoms with van der Waals surface area (Å²) in [4.78, 5) is 0. The monoisotopic (exact) mass is 222 g/mol. The zero-order chi connectivity index (χ0) is 11.6. The van der Waals surface area contributed by atoms with Crippen LogP contribution in [0.2, 0.25) is 0 Å². The molecule has 0 spiro atoms. The molecule has 1 aliphatic rings. The molecule has 3 N–H and O–H groups in total. The molecule has 1 aliphatic heterocycles. The normalized spacial score (nSPS) is 16.2. The van der Waals surface area contributed by atoms with Crippen molar-refractivity contribution >= 4 is 5.69 Å². The summed E-state index contributed by atoms with van der Waals surface area (Å²) in [6.07, 6.45) is 0.958. The van der Waals surface area contributed by atoms with Crippen molar-refractivity contribution in [1.29, 1.82) is 0 Å². The lowest BCUT2D eigenvalue weighted by atomic mass is 10.2. The molecule has 0 saturated heterocycles. The van der Waals surface area contributed by atoms with E-state index in [9.17, 15) is 0 Å². The zero-order valence-corrected chi connectivity index (χ0v) is 9.75. The van der Waals surface area contributed by atoms with Crippen LogP contribution in [0.1, 0.15) is 20.3 Å². The first-order valence-corrected chi connectivity index (χ1v) is 5.57. The highest BCUT2D eigenvalue weighted by Crippen LogP contribution is 2.40. The van der Waals surface area contributed by atoms with Crippen molar-refractivity contribution in [2.24, 2.45) is 5.73 Å². The van der Waals surface area contributed by atoms with Crippen LogP contribution in [0.5, 0.6) is 11.5 Å². The summed E-state index contributed by atoms with van der Waals surface area (Å²) in [5.74, 6) is 1.04. The maximum atomic E-state index is 5.65. The highest BCUT2D eigenvalue weighted by Gasteiger charge is 2.31. The van der Waals surface area contributed by atoms with Gasteiger partial charge < -0.3 is 20.5 Å². The number of fused-ring (bicyclic) bond motifs is 1. The highest BCUT2D eigenvalue weighted by atomic mass is 16.7. The molecule has 0 amide bonds. The SMILES string of the molecule is CC1(C)Oc2ccc(NCCCN)cc2O1. The summed E-state index contributed by atoms with van der Waals surface area (Å²) in [6, 6.07) is 5.87. The largest absolute Gasteiger partial charge is 0.449 e. The summed E-state index contributed by atoms with van der Waals surface area (Å²) in [5, 5.41) is 3.29. The van der Waals surface area contributed by atoms with Crippen LogP contribution in [0, 0.1) is 0 Å². The Bertz CT molecular complexity index is 377. The average molecular weight is 222 g/mol. The molecule has 1 heterocycles. The molecule has 0 unspecified atom stereocenters. The van der Waals surface area contributed by atoms with Gasteiger partial charge in [0.05, 0.1) is 0 Å². The average Bonchev–Trinajstić information content (AvgIpc) is 2.51. The molecule has 4 nitrogen and oxygen atoms in total. The van der Waals surface area contributed by atoms with Gasteiger partial charge in [0.25, 0.3) is 0 Å². The second kappa shape index (κ2) is 4.22. The van der Waals surface area contributed by atoms with E-state index in [0.717, 1.165) is 30.2 Å². The molecule has 0 bridgehead atoms. The van der Waals surface area contributed by atoms with E-state index in [1.54, 1.807) is 0 Å². The van der Waals surface area contributed by atoms with E-state index >= 15 is 0 Å². The van der Waals surface area contributed by atoms with Gasteiger partial charge in [-0.3, -0.25) is 0 Å². The first-order chi connectivity index (χ1) is 7.61. The molecular formula is C12H18N2O2. The fourth-order valence-corrected chi connectivity index (χ4v) is 1.67. The molecule has 2 rings (SSSR count). The van der Waals surface area contributed by atoms with Gasteiger partial charge in [0.2, 0.25) is 5.79 Å². The molecule has 0 radical (unpaired) electrons. The molecule has 0 aromatic heterocycles. The Balaban J connectivity index is 2.04. The topological polar surface area (TPSA) is 56.5 Å². The fraction of sp³-hybridized carbons (Fsp3) is 0.500. The third kappa shape index (κ3) is 2.39. The molecule has 0 saturated carbocycles. The van der Waals surface area contributed by atoms with E-state index in [1.807, 2.05) is 32.0 Å². The Labute approximate surface area is 95.7 Å². The highest BCUT2D eigenvalue weighted by molar-refractivity contribution is 5.56. The van der Waals surface area contributed by atoms with Crippen molar-refractivity contribution in [3.8, 4) is 11.5 Å². The van der Waals surface area contributed by atoms with Gasteiger partial charge in [-0.05, 0) is 25.1 Å². The summed E-state index contributed by atoms with van der Waals surface area (Å²) >= 11 is 0. The van der Waals surface area contributed by atoms with Crippen LogP contribution in [0.25, 0.3) is 0 Å². The fourth-order valence-electron chi connectivity index (χ4n) is 1.67. The second-order valence-electron chi connectivity index (χ2n) is 4.33. The van der Waals surface area contributed by atoms with E-state index in [2.05, 4.69) is 5.32 Å². The molecule has 4 heteroatoms. The van der Waals surface area contributed by atoms with Crippen molar-refractivity contribution in [3.05, 3.63) is 18.2 Å². The van der Waals surface area contributed by atoms with E-state index < -0.39 is 5.79 Å². The maximum absolute atomic E-state index is 5.65. The van der Waals surface area contributed by atoms with Gasteiger partial charge in [-0.2, -0.15) is 0 Å². The molecule has 16 heavy (non-hydrogen) atoms. The van der Waals surface area contributed by atoms with Crippen LogP contribution in [-0.2, 0) is 0 Å². The van der Waals surface area contributed by atoms with Crippen LogP contribution < -0.4 is 20.5 Å². The van der Waals surface area contributed by atoms with Gasteiger partial charge in [-0.1, -0.05) is 0 Å². The minimum atomic E-state index is -0.557. The van der Waals surface area contributed by atoms with Gasteiger partial charge in [0.15, 0.2) is 11.5 Å². The molecule has 88 valence electrons. The number of rotatable bonds is 4. The van der Waals surface area contributed by atoms with Gasteiger partial charge >= 0.3 is 0 Å². The van der Waals surface area contributed by atoms with Gasteiger partial charge in [0.1, 0.15) is 0 Å². The smallest absolute Gasteiger partial charge is 0.246 e. The number of nitrogens with two attached hydrogens (primary N) is 1. The van der Waals surface area contributed by atoms with Gasteiger partial charge in [0, 0.05) is 32.1 Å². The number of benzene rings is 1. The number of anilines is 1. The Morgan fingerprint density at radius 3 is 2.75 bits per heavy atom. The number of ether oxygens (including phenoxy) is 2. The predicted octanol–water partition coefficient (Wildman–Crippen LogP) is 1.95. The molecule has 0 atom stereocenters. The zero-order valence-electron chi connectivity index (χ0n) is 9.75. The van der Waals surface area contributed by atoms with Crippen molar-refractivity contribution in [2.75, 3.05) is 18.4 Å². The Morgan fingerprint density at radius 2 is 2.00 bits per heavy atom. The first-order valence-electron chi connectivity index (χ1n) is 5.57. The summed E-state index contributed by atoms with van der Waals surface area (Å²) < 4.78 is 11.3. The van der Waals surface area contributed by atoms with Crippen LogP contribution in [-0.4, -0.2) is 18.9 Å². The Morgan fingerprint density at radius 1 is 1.25 bits per heavy atom. The van der Waals surface area contributed by atoms with Crippen LogP contribution in [0.3, 0.4) is 0 Å². The standard InChI is InChI=1S/C12H18N2O2/c1-12(2)15-10-5-4-9(8-11(10)16-12)14-7-3-6-13/h4-5,8,14H,3,6-7,13H2,1-2H3. The second-order valence-corrected chi connectivity index (χ2v) is 4.33. The van der Waals surface area contributed by atoms with Gasteiger partial charge in [-0.15, -0.1) is 0 Å². The van der Waals surface area contributed by atoms with Crippen LogP contribution in [0.4, 0.5) is 5.69 Å². The molecule has 1 aromatic carbocycles. The van der Waals surface area contributed by atoms with Crippen LogP contribution in [0.15, 0.2) is 18.2 Å². The van der Waals surface area contributed by atoms with Crippen molar-refractivity contribution in [2.45, 2.75) is 26.1 Å². The Hall–Kier alpha value is -1.42. The van der Waals surface area contributed by atoms with E-state index in [1.165, 1.54) is 0 Å². The van der Waals surface area contributed by atoms with E-state index in [4.69, 9.17) is 15.2 Å². The number of hydrogen-bond donors (Lipinski definition) is 2. The lowest BCUT2D eigenvalue weighted by Gasteiger charge is -2.16. The number of nitrogens with one attached hydrogen (secondary N) is 1.